The van der Waals surface area contributed by atoms with E-state index >= 15 is 0 Å². The minimum Gasteiger partial charge on any atom is -0.493 e. The summed E-state index contributed by atoms with van der Waals surface area (Å²) in [5, 5.41) is 0. The summed E-state index contributed by atoms with van der Waals surface area (Å²) in [6.07, 6.45) is 3.02. The molecule has 5 heteroatoms. The lowest BCUT2D eigenvalue weighted by atomic mass is 9.98. The van der Waals surface area contributed by atoms with Gasteiger partial charge in [-0.2, -0.15) is 4.99 Å². The van der Waals surface area contributed by atoms with Crippen molar-refractivity contribution < 1.29 is 18.7 Å². The molecule has 0 bridgehead atoms. The van der Waals surface area contributed by atoms with E-state index in [2.05, 4.69) is 4.99 Å². The molecule has 0 saturated heterocycles. The Morgan fingerprint density at radius 3 is 2.39 bits per heavy atom. The molecule has 96 valence electrons. The average molecular weight is 251 g/mol. The second kappa shape index (κ2) is 4.78. The van der Waals surface area contributed by atoms with Crippen molar-refractivity contribution in [2.24, 2.45) is 4.99 Å². The number of halogens is 1. The summed E-state index contributed by atoms with van der Waals surface area (Å²) in [4.78, 5) is 14.3. The van der Waals surface area contributed by atoms with Crippen molar-refractivity contribution in [1.29, 1.82) is 0 Å². The topological polar surface area (TPSA) is 47.9 Å². The predicted molar refractivity (Wildman–Crippen MR) is 63.4 cm³/mol. The van der Waals surface area contributed by atoms with Crippen LogP contribution in [0.1, 0.15) is 24.0 Å². The smallest absolute Gasteiger partial charge is 0.235 e. The van der Waals surface area contributed by atoms with Crippen LogP contribution in [0.15, 0.2) is 17.1 Å². The molecule has 0 amide bonds. The number of isocyanates is 1. The van der Waals surface area contributed by atoms with Crippen LogP contribution < -0.4 is 9.47 Å². The Morgan fingerprint density at radius 1 is 1.33 bits per heavy atom. The van der Waals surface area contributed by atoms with Crippen LogP contribution >= 0.6 is 0 Å². The molecule has 1 aromatic carbocycles. The van der Waals surface area contributed by atoms with Crippen molar-refractivity contribution in [2.75, 3.05) is 14.2 Å². The van der Waals surface area contributed by atoms with E-state index < -0.39 is 12.2 Å². The van der Waals surface area contributed by atoms with Crippen molar-refractivity contribution in [1.82, 2.24) is 0 Å². The van der Waals surface area contributed by atoms with Gasteiger partial charge in [0.1, 0.15) is 6.67 Å². The van der Waals surface area contributed by atoms with Crippen molar-refractivity contribution in [3.8, 4) is 11.5 Å². The van der Waals surface area contributed by atoms with Gasteiger partial charge in [0.25, 0.3) is 0 Å². The number of rotatable bonds is 5. The van der Waals surface area contributed by atoms with Gasteiger partial charge in [0.05, 0.1) is 19.8 Å². The molecule has 1 fully saturated rings. The second-order valence-electron chi connectivity index (χ2n) is 4.23. The van der Waals surface area contributed by atoms with E-state index in [1.165, 1.54) is 14.2 Å². The number of ether oxygens (including phenoxy) is 2. The first kappa shape index (κ1) is 12.6. The molecule has 0 heterocycles. The van der Waals surface area contributed by atoms with E-state index in [9.17, 15) is 9.18 Å². The summed E-state index contributed by atoms with van der Waals surface area (Å²) in [5.41, 5.74) is 0.554. The number of carbonyl (C=O) groups excluding carboxylic acids is 1. The first-order valence-corrected chi connectivity index (χ1v) is 5.61. The Morgan fingerprint density at radius 2 is 1.94 bits per heavy atom. The third-order valence-corrected chi connectivity index (χ3v) is 3.24. The molecule has 1 saturated carbocycles. The van der Waals surface area contributed by atoms with E-state index in [0.29, 0.717) is 22.6 Å². The van der Waals surface area contributed by atoms with Crippen LogP contribution in [0.3, 0.4) is 0 Å². The van der Waals surface area contributed by atoms with Crippen molar-refractivity contribution in [3.05, 3.63) is 23.3 Å². The minimum absolute atomic E-state index is 0.472. The monoisotopic (exact) mass is 251 g/mol. The van der Waals surface area contributed by atoms with E-state index in [4.69, 9.17) is 9.47 Å². The van der Waals surface area contributed by atoms with Crippen LogP contribution in [-0.2, 0) is 17.0 Å². The average Bonchev–Trinajstić information content (AvgIpc) is 3.18. The Kier molecular flexibility index (Phi) is 3.34. The number of alkyl halides is 1. The third-order valence-electron chi connectivity index (χ3n) is 3.24. The molecule has 1 aliphatic carbocycles. The fraction of sp³-hybridized carbons (Fsp3) is 0.462. The lowest BCUT2D eigenvalue weighted by Gasteiger charge is -2.16. The maximum absolute atomic E-state index is 13.1. The zero-order valence-electron chi connectivity index (χ0n) is 10.3. The molecular formula is C13H14FNO3. The molecule has 1 aliphatic rings. The fourth-order valence-electron chi connectivity index (χ4n) is 2.11. The molecule has 0 unspecified atom stereocenters. The summed E-state index contributed by atoms with van der Waals surface area (Å²) in [5.74, 6) is 0.983. The Hall–Kier alpha value is -1.87. The van der Waals surface area contributed by atoms with Crippen LogP contribution in [0.4, 0.5) is 4.39 Å². The predicted octanol–water partition coefficient (Wildman–Crippen LogP) is 2.50. The van der Waals surface area contributed by atoms with Crippen molar-refractivity contribution in [3.63, 3.8) is 0 Å². The summed E-state index contributed by atoms with van der Waals surface area (Å²) < 4.78 is 23.4. The molecule has 0 radical (unpaired) electrons. The first-order valence-electron chi connectivity index (χ1n) is 5.61. The summed E-state index contributed by atoms with van der Waals surface area (Å²) in [6.45, 7) is -0.633. The lowest BCUT2D eigenvalue weighted by Crippen LogP contribution is -2.07. The number of nitrogens with zero attached hydrogens (tertiary/aromatic N) is 1. The normalized spacial score (nSPS) is 15.7. The highest BCUT2D eigenvalue weighted by Gasteiger charge is 2.46. The zero-order chi connectivity index (χ0) is 13.2. The van der Waals surface area contributed by atoms with Crippen LogP contribution in [0.2, 0.25) is 0 Å². The van der Waals surface area contributed by atoms with E-state index in [-0.39, 0.29) is 0 Å². The maximum atomic E-state index is 13.1. The Labute approximate surface area is 104 Å². The van der Waals surface area contributed by atoms with Crippen LogP contribution in [0, 0.1) is 0 Å². The summed E-state index contributed by atoms with van der Waals surface area (Å²) in [7, 11) is 3.01. The first-order chi connectivity index (χ1) is 8.70. The van der Waals surface area contributed by atoms with Gasteiger partial charge < -0.3 is 9.47 Å². The van der Waals surface area contributed by atoms with E-state index in [1.807, 2.05) is 0 Å². The van der Waals surface area contributed by atoms with Crippen molar-refractivity contribution in [2.45, 2.75) is 25.1 Å². The number of benzene rings is 1. The fourth-order valence-corrected chi connectivity index (χ4v) is 2.11. The van der Waals surface area contributed by atoms with Gasteiger partial charge in [0, 0.05) is 0 Å². The van der Waals surface area contributed by atoms with Gasteiger partial charge in [-0.25, -0.2) is 9.18 Å². The molecule has 2 rings (SSSR count). The number of hydrogen-bond acceptors (Lipinski definition) is 4. The van der Waals surface area contributed by atoms with Gasteiger partial charge in [0.15, 0.2) is 11.5 Å². The second-order valence-corrected chi connectivity index (χ2v) is 4.23. The zero-order valence-corrected chi connectivity index (χ0v) is 10.3. The molecule has 0 aliphatic heterocycles. The summed E-state index contributed by atoms with van der Waals surface area (Å²) >= 11 is 0. The molecule has 0 aromatic heterocycles. The Balaban J connectivity index is 2.56. The lowest BCUT2D eigenvalue weighted by molar-refractivity contribution is 0.352. The molecular weight excluding hydrogens is 237 g/mol. The van der Waals surface area contributed by atoms with Crippen LogP contribution in [-0.4, -0.2) is 20.3 Å². The highest BCUT2D eigenvalue weighted by molar-refractivity contribution is 5.52. The van der Waals surface area contributed by atoms with Crippen LogP contribution in [0.5, 0.6) is 11.5 Å². The minimum atomic E-state index is -0.633. The molecule has 4 nitrogen and oxygen atoms in total. The summed E-state index contributed by atoms with van der Waals surface area (Å²) in [6, 6.07) is 3.29. The van der Waals surface area contributed by atoms with Gasteiger partial charge in [0.2, 0.25) is 6.08 Å². The van der Waals surface area contributed by atoms with Gasteiger partial charge >= 0.3 is 0 Å². The van der Waals surface area contributed by atoms with Gasteiger partial charge in [-0.15, -0.1) is 0 Å². The Bertz CT molecular complexity index is 505. The number of hydrogen-bond donors (Lipinski definition) is 0. The van der Waals surface area contributed by atoms with Crippen LogP contribution in [0.25, 0.3) is 0 Å². The van der Waals surface area contributed by atoms with Gasteiger partial charge in [-0.3, -0.25) is 0 Å². The number of methoxy groups -OCH3 is 2. The van der Waals surface area contributed by atoms with Gasteiger partial charge in [-0.1, -0.05) is 0 Å². The van der Waals surface area contributed by atoms with Gasteiger partial charge in [-0.05, 0) is 36.1 Å². The largest absolute Gasteiger partial charge is 0.493 e. The standard InChI is InChI=1S/C13H14FNO3/c1-17-11-5-9(7-14)10(6-12(11)18-2)13(3-4-13)15-8-16/h5-6H,3-4,7H2,1-2H3. The van der Waals surface area contributed by atoms with E-state index in [0.717, 1.165) is 12.8 Å². The van der Waals surface area contributed by atoms with Crippen molar-refractivity contribution >= 4 is 6.08 Å². The third kappa shape index (κ3) is 1.97. The number of aliphatic imine (C=N–C) groups is 1. The molecule has 0 N–H and O–H groups in total. The highest BCUT2D eigenvalue weighted by atomic mass is 19.1. The maximum Gasteiger partial charge on any atom is 0.235 e. The SMILES string of the molecule is COc1cc(CF)c(C2(N=C=O)CC2)cc1OC. The molecule has 18 heavy (non-hydrogen) atoms. The van der Waals surface area contributed by atoms with E-state index in [1.54, 1.807) is 18.2 Å². The molecule has 0 atom stereocenters. The quantitative estimate of drug-likeness (QED) is 0.596. The molecule has 0 spiro atoms. The highest BCUT2D eigenvalue weighted by Crippen LogP contribution is 2.52. The molecule has 1 aromatic rings.